The van der Waals surface area contributed by atoms with Crippen molar-refractivity contribution in [3.05, 3.63) is 81.6 Å². The SMILES string of the molecule is CCC(Sc1nc2cc3c(cc2c(=O)n1Cc1ccc(OC)cc1)OCO3)C(=O)Nc1cccc(Cl)c1. The van der Waals surface area contributed by atoms with Gasteiger partial charge in [0.15, 0.2) is 16.7 Å². The second-order valence-electron chi connectivity index (χ2n) is 8.37. The molecule has 1 unspecified atom stereocenters. The van der Waals surface area contributed by atoms with Gasteiger partial charge in [0.1, 0.15) is 5.75 Å². The third-order valence-electron chi connectivity index (χ3n) is 5.92. The Morgan fingerprint density at radius 2 is 1.92 bits per heavy atom. The quantitative estimate of drug-likeness (QED) is 0.239. The van der Waals surface area contributed by atoms with E-state index in [1.54, 1.807) is 48.1 Å². The van der Waals surface area contributed by atoms with Gasteiger partial charge in [-0.15, -0.1) is 0 Å². The third-order valence-corrected chi connectivity index (χ3v) is 7.51. The molecule has 1 amide bonds. The Labute approximate surface area is 222 Å². The average molecular weight is 538 g/mol. The normalized spacial score (nSPS) is 12.9. The van der Waals surface area contributed by atoms with Crippen molar-refractivity contribution in [3.8, 4) is 17.2 Å². The molecule has 3 aromatic carbocycles. The summed E-state index contributed by atoms with van der Waals surface area (Å²) in [5.41, 5.74) is 1.74. The summed E-state index contributed by atoms with van der Waals surface area (Å²) in [6.45, 7) is 2.28. The number of nitrogens with one attached hydrogen (secondary N) is 1. The maximum absolute atomic E-state index is 13.7. The van der Waals surface area contributed by atoms with E-state index in [0.29, 0.717) is 44.7 Å². The Kier molecular flexibility index (Phi) is 7.25. The molecule has 1 atom stereocenters. The molecule has 0 fully saturated rings. The Hall–Kier alpha value is -3.69. The molecule has 8 nitrogen and oxygen atoms in total. The largest absolute Gasteiger partial charge is 0.497 e. The topological polar surface area (TPSA) is 91.7 Å². The van der Waals surface area contributed by atoms with Crippen LogP contribution in [-0.2, 0) is 11.3 Å². The number of nitrogens with zero attached hydrogens (tertiary/aromatic N) is 2. The van der Waals surface area contributed by atoms with Crippen molar-refractivity contribution in [2.24, 2.45) is 0 Å². The van der Waals surface area contributed by atoms with Gasteiger partial charge in [0.05, 0.1) is 29.8 Å². The van der Waals surface area contributed by atoms with E-state index >= 15 is 0 Å². The van der Waals surface area contributed by atoms with Gasteiger partial charge < -0.3 is 19.5 Å². The lowest BCUT2D eigenvalue weighted by molar-refractivity contribution is -0.115. The molecule has 2 heterocycles. The molecule has 0 saturated heterocycles. The molecule has 190 valence electrons. The fraction of sp³-hybridized carbons (Fsp3) is 0.222. The fourth-order valence-corrected chi connectivity index (χ4v) is 5.18. The number of carbonyl (C=O) groups excluding carboxylic acids is 1. The Bertz CT molecular complexity index is 1520. The first-order chi connectivity index (χ1) is 17.9. The maximum atomic E-state index is 13.7. The lowest BCUT2D eigenvalue weighted by Gasteiger charge is -2.18. The summed E-state index contributed by atoms with van der Waals surface area (Å²) in [4.78, 5) is 31.7. The first-order valence-corrected chi connectivity index (χ1v) is 12.9. The molecule has 1 aromatic heterocycles. The first-order valence-electron chi connectivity index (χ1n) is 11.7. The van der Waals surface area contributed by atoms with Crippen LogP contribution < -0.4 is 25.1 Å². The zero-order chi connectivity index (χ0) is 25.9. The van der Waals surface area contributed by atoms with E-state index < -0.39 is 5.25 Å². The number of anilines is 1. The molecule has 5 rings (SSSR count). The van der Waals surface area contributed by atoms with Gasteiger partial charge >= 0.3 is 0 Å². The number of halogens is 1. The summed E-state index contributed by atoms with van der Waals surface area (Å²) in [5, 5.41) is 3.79. The molecular formula is C27H24ClN3O5S. The zero-order valence-electron chi connectivity index (χ0n) is 20.2. The van der Waals surface area contributed by atoms with Gasteiger partial charge in [-0.3, -0.25) is 14.2 Å². The van der Waals surface area contributed by atoms with E-state index in [4.69, 9.17) is 30.8 Å². The maximum Gasteiger partial charge on any atom is 0.262 e. The van der Waals surface area contributed by atoms with Crippen LogP contribution in [0.2, 0.25) is 5.02 Å². The van der Waals surface area contributed by atoms with Gasteiger partial charge in [-0.25, -0.2) is 4.98 Å². The Morgan fingerprint density at radius 3 is 2.62 bits per heavy atom. The van der Waals surface area contributed by atoms with Crippen LogP contribution in [-0.4, -0.2) is 34.6 Å². The lowest BCUT2D eigenvalue weighted by Crippen LogP contribution is -2.28. The number of ether oxygens (including phenoxy) is 3. The highest BCUT2D eigenvalue weighted by Gasteiger charge is 2.24. The molecule has 0 saturated carbocycles. The second kappa shape index (κ2) is 10.7. The number of methoxy groups -OCH3 is 1. The van der Waals surface area contributed by atoms with Gasteiger partial charge in [0, 0.05) is 16.8 Å². The van der Waals surface area contributed by atoms with Gasteiger partial charge in [0.2, 0.25) is 12.7 Å². The van der Waals surface area contributed by atoms with Crippen LogP contribution in [0, 0.1) is 0 Å². The van der Waals surface area contributed by atoms with Crippen molar-refractivity contribution in [3.63, 3.8) is 0 Å². The Morgan fingerprint density at radius 1 is 1.16 bits per heavy atom. The van der Waals surface area contributed by atoms with E-state index in [1.165, 1.54) is 11.8 Å². The standard InChI is InChI=1S/C27H24ClN3O5S/c1-3-24(25(32)29-18-6-4-5-17(28)11-18)37-27-30-21-13-23-22(35-15-36-23)12-20(21)26(33)31(27)14-16-7-9-19(34-2)10-8-16/h4-13,24H,3,14-15H2,1-2H3,(H,29,32). The highest BCUT2D eigenvalue weighted by Crippen LogP contribution is 2.36. The van der Waals surface area contributed by atoms with Gasteiger partial charge in [-0.05, 0) is 48.4 Å². The number of hydrogen-bond acceptors (Lipinski definition) is 7. The minimum Gasteiger partial charge on any atom is -0.497 e. The molecule has 0 spiro atoms. The Balaban J connectivity index is 1.53. The van der Waals surface area contributed by atoms with Crippen LogP contribution >= 0.6 is 23.4 Å². The summed E-state index contributed by atoms with van der Waals surface area (Å²) < 4.78 is 17.8. The van der Waals surface area contributed by atoms with E-state index in [9.17, 15) is 9.59 Å². The van der Waals surface area contributed by atoms with Crippen LogP contribution in [0.1, 0.15) is 18.9 Å². The smallest absolute Gasteiger partial charge is 0.262 e. The number of aromatic nitrogens is 2. The monoisotopic (exact) mass is 537 g/mol. The van der Waals surface area contributed by atoms with Crippen molar-refractivity contribution in [2.75, 3.05) is 19.2 Å². The predicted octanol–water partition coefficient (Wildman–Crippen LogP) is 5.34. The molecule has 37 heavy (non-hydrogen) atoms. The number of carbonyl (C=O) groups is 1. The van der Waals surface area contributed by atoms with Gasteiger partial charge in [0.25, 0.3) is 5.56 Å². The predicted molar refractivity (Wildman–Crippen MR) is 144 cm³/mol. The van der Waals surface area contributed by atoms with Crippen LogP contribution in [0.15, 0.2) is 70.6 Å². The van der Waals surface area contributed by atoms with E-state index in [2.05, 4.69) is 5.32 Å². The zero-order valence-corrected chi connectivity index (χ0v) is 21.8. The molecular weight excluding hydrogens is 514 g/mol. The van der Waals surface area contributed by atoms with Crippen molar-refractivity contribution >= 4 is 45.9 Å². The number of amides is 1. The number of thioether (sulfide) groups is 1. The van der Waals surface area contributed by atoms with E-state index in [1.807, 2.05) is 31.2 Å². The molecule has 4 aromatic rings. The van der Waals surface area contributed by atoms with Crippen LogP contribution in [0.25, 0.3) is 10.9 Å². The molecule has 10 heteroatoms. The summed E-state index contributed by atoms with van der Waals surface area (Å²) in [6, 6.07) is 17.8. The highest BCUT2D eigenvalue weighted by molar-refractivity contribution is 8.00. The number of hydrogen-bond donors (Lipinski definition) is 1. The summed E-state index contributed by atoms with van der Waals surface area (Å²) >= 11 is 7.32. The van der Waals surface area contributed by atoms with Crippen molar-refractivity contribution in [1.29, 1.82) is 0 Å². The minimum absolute atomic E-state index is 0.0921. The molecule has 1 aliphatic heterocycles. The number of fused-ring (bicyclic) bond motifs is 2. The molecule has 1 N–H and O–H groups in total. The van der Waals surface area contributed by atoms with E-state index in [0.717, 1.165) is 11.3 Å². The van der Waals surface area contributed by atoms with E-state index in [-0.39, 0.29) is 24.8 Å². The van der Waals surface area contributed by atoms with Gasteiger partial charge in [-0.2, -0.15) is 0 Å². The molecule has 0 bridgehead atoms. The van der Waals surface area contributed by atoms with Crippen LogP contribution in [0.3, 0.4) is 0 Å². The highest BCUT2D eigenvalue weighted by atomic mass is 35.5. The van der Waals surface area contributed by atoms with Crippen LogP contribution in [0.4, 0.5) is 5.69 Å². The molecule has 1 aliphatic rings. The summed E-state index contributed by atoms with van der Waals surface area (Å²) in [5.74, 6) is 1.56. The fourth-order valence-electron chi connectivity index (χ4n) is 3.97. The second-order valence-corrected chi connectivity index (χ2v) is 9.98. The molecule has 0 aliphatic carbocycles. The average Bonchev–Trinajstić information content (AvgIpc) is 3.36. The third kappa shape index (κ3) is 5.38. The number of benzene rings is 3. The summed E-state index contributed by atoms with van der Waals surface area (Å²) in [7, 11) is 1.60. The van der Waals surface area contributed by atoms with Crippen molar-refractivity contribution in [2.45, 2.75) is 30.3 Å². The molecule has 0 radical (unpaired) electrons. The van der Waals surface area contributed by atoms with Crippen molar-refractivity contribution < 1.29 is 19.0 Å². The van der Waals surface area contributed by atoms with Crippen LogP contribution in [0.5, 0.6) is 17.2 Å². The minimum atomic E-state index is -0.501. The summed E-state index contributed by atoms with van der Waals surface area (Å²) in [6.07, 6.45) is 0.522. The van der Waals surface area contributed by atoms with Crippen molar-refractivity contribution in [1.82, 2.24) is 9.55 Å². The van der Waals surface area contributed by atoms with Gasteiger partial charge in [-0.1, -0.05) is 48.5 Å². The number of rotatable bonds is 8. The first kappa shape index (κ1) is 25.0. The lowest BCUT2D eigenvalue weighted by atomic mass is 10.2.